The van der Waals surface area contributed by atoms with Crippen LogP contribution in [0.5, 0.6) is 0 Å². The minimum atomic E-state index is 0.607. The highest BCUT2D eigenvalue weighted by atomic mass is 32.1. The summed E-state index contributed by atoms with van der Waals surface area (Å²) in [6, 6.07) is 8.72. The number of aryl methyl sites for hydroxylation is 3. The van der Waals surface area contributed by atoms with Crippen LogP contribution >= 0.6 is 11.3 Å². The van der Waals surface area contributed by atoms with Gasteiger partial charge in [0.1, 0.15) is 0 Å². The van der Waals surface area contributed by atoms with E-state index in [-0.39, 0.29) is 0 Å². The topological polar surface area (TPSA) is 24.9 Å². The Balaban J connectivity index is 2.08. The molecule has 0 aliphatic heterocycles. The van der Waals surface area contributed by atoms with Crippen LogP contribution in [0.1, 0.15) is 33.6 Å². The van der Waals surface area contributed by atoms with Gasteiger partial charge in [0.2, 0.25) is 0 Å². The molecule has 0 fully saturated rings. The van der Waals surface area contributed by atoms with E-state index in [4.69, 9.17) is 4.98 Å². The van der Waals surface area contributed by atoms with Gasteiger partial charge in [0, 0.05) is 11.3 Å². The van der Waals surface area contributed by atoms with Crippen molar-refractivity contribution in [2.75, 3.05) is 13.1 Å². The van der Waals surface area contributed by atoms with Crippen molar-refractivity contribution in [2.45, 2.75) is 40.5 Å². The van der Waals surface area contributed by atoms with E-state index in [1.807, 2.05) is 11.3 Å². The largest absolute Gasteiger partial charge is 0.317 e. The van der Waals surface area contributed by atoms with E-state index >= 15 is 0 Å². The van der Waals surface area contributed by atoms with Crippen molar-refractivity contribution in [3.05, 3.63) is 51.0 Å². The molecule has 0 spiro atoms. The maximum atomic E-state index is 4.71. The van der Waals surface area contributed by atoms with Crippen LogP contribution in [0.3, 0.4) is 0 Å². The molecule has 0 aliphatic rings. The van der Waals surface area contributed by atoms with Gasteiger partial charge < -0.3 is 5.32 Å². The second kappa shape index (κ2) is 7.71. The summed E-state index contributed by atoms with van der Waals surface area (Å²) in [5.41, 5.74) is 4.05. The van der Waals surface area contributed by atoms with Gasteiger partial charge in [-0.1, -0.05) is 31.2 Å². The highest BCUT2D eigenvalue weighted by Gasteiger charge is 2.14. The van der Waals surface area contributed by atoms with Gasteiger partial charge in [-0.05, 0) is 57.3 Å². The van der Waals surface area contributed by atoms with Gasteiger partial charge in [0.25, 0.3) is 0 Å². The third-order valence-corrected chi connectivity index (χ3v) is 5.08. The van der Waals surface area contributed by atoms with Crippen LogP contribution < -0.4 is 5.32 Å². The Kier molecular flexibility index (Phi) is 5.95. The van der Waals surface area contributed by atoms with E-state index in [1.165, 1.54) is 26.7 Å². The predicted molar refractivity (Wildman–Crippen MR) is 92.2 cm³/mol. The molecular weight excluding hydrogens is 276 g/mol. The molecule has 21 heavy (non-hydrogen) atoms. The van der Waals surface area contributed by atoms with Crippen LogP contribution in [0.25, 0.3) is 0 Å². The molecule has 1 N–H and O–H groups in total. The zero-order chi connectivity index (χ0) is 15.2. The Labute approximate surface area is 132 Å². The first-order valence-electron chi connectivity index (χ1n) is 7.78. The summed E-state index contributed by atoms with van der Waals surface area (Å²) in [7, 11) is 0. The first kappa shape index (κ1) is 16.2. The van der Waals surface area contributed by atoms with Gasteiger partial charge in [-0.25, -0.2) is 4.98 Å². The SMILES string of the molecule is CCNCC(Cc1nc(C)c(C)s1)Cc1ccccc1C. The quantitative estimate of drug-likeness (QED) is 0.833. The van der Waals surface area contributed by atoms with Gasteiger partial charge in [-0.3, -0.25) is 0 Å². The molecule has 1 aromatic heterocycles. The molecule has 1 aromatic carbocycles. The van der Waals surface area contributed by atoms with E-state index in [9.17, 15) is 0 Å². The van der Waals surface area contributed by atoms with Crippen molar-refractivity contribution >= 4 is 11.3 Å². The third kappa shape index (κ3) is 4.65. The standard InChI is InChI=1S/C18H26N2S/c1-5-19-12-16(10-17-9-7-6-8-13(17)2)11-18-20-14(3)15(4)21-18/h6-9,16,19H,5,10-12H2,1-4H3. The number of nitrogens with one attached hydrogen (secondary N) is 1. The molecule has 3 heteroatoms. The minimum Gasteiger partial charge on any atom is -0.317 e. The Hall–Kier alpha value is -1.19. The summed E-state index contributed by atoms with van der Waals surface area (Å²) < 4.78 is 0. The fraction of sp³-hybridized carbons (Fsp3) is 0.500. The fourth-order valence-corrected chi connectivity index (χ4v) is 3.64. The van der Waals surface area contributed by atoms with E-state index in [0.29, 0.717) is 5.92 Å². The second-order valence-electron chi connectivity index (χ2n) is 5.76. The van der Waals surface area contributed by atoms with Crippen LogP contribution in [0.4, 0.5) is 0 Å². The maximum absolute atomic E-state index is 4.71. The zero-order valence-corrected chi connectivity index (χ0v) is 14.4. The van der Waals surface area contributed by atoms with Gasteiger partial charge in [-0.2, -0.15) is 0 Å². The minimum absolute atomic E-state index is 0.607. The average Bonchev–Trinajstić information content (AvgIpc) is 2.77. The van der Waals surface area contributed by atoms with E-state index in [1.54, 1.807) is 0 Å². The molecule has 0 bridgehead atoms. The average molecular weight is 302 g/mol. The van der Waals surface area contributed by atoms with Gasteiger partial charge in [0.15, 0.2) is 0 Å². The van der Waals surface area contributed by atoms with Gasteiger partial charge >= 0.3 is 0 Å². The summed E-state index contributed by atoms with van der Waals surface area (Å²) in [6.45, 7) is 10.7. The molecule has 1 heterocycles. The van der Waals surface area contributed by atoms with Gasteiger partial charge in [-0.15, -0.1) is 11.3 Å². The fourth-order valence-electron chi connectivity index (χ4n) is 2.59. The lowest BCUT2D eigenvalue weighted by Crippen LogP contribution is -2.25. The van der Waals surface area contributed by atoms with E-state index in [0.717, 1.165) is 25.9 Å². The normalized spacial score (nSPS) is 12.6. The molecule has 0 saturated carbocycles. The zero-order valence-electron chi connectivity index (χ0n) is 13.6. The maximum Gasteiger partial charge on any atom is 0.0934 e. The molecule has 0 amide bonds. The van der Waals surface area contributed by atoms with Crippen molar-refractivity contribution in [1.29, 1.82) is 0 Å². The first-order chi connectivity index (χ1) is 10.1. The Bertz CT molecular complexity index is 555. The highest BCUT2D eigenvalue weighted by molar-refractivity contribution is 7.11. The number of rotatable bonds is 7. The van der Waals surface area contributed by atoms with E-state index < -0.39 is 0 Å². The molecule has 114 valence electrons. The molecule has 1 atom stereocenters. The summed E-state index contributed by atoms with van der Waals surface area (Å²) in [5.74, 6) is 0.607. The lowest BCUT2D eigenvalue weighted by Gasteiger charge is -2.17. The van der Waals surface area contributed by atoms with Crippen molar-refractivity contribution < 1.29 is 0 Å². The predicted octanol–water partition coefficient (Wildman–Crippen LogP) is 4.08. The van der Waals surface area contributed by atoms with Crippen LogP contribution in [-0.2, 0) is 12.8 Å². The van der Waals surface area contributed by atoms with Gasteiger partial charge in [0.05, 0.1) is 10.7 Å². The summed E-state index contributed by atoms with van der Waals surface area (Å²) in [5, 5.41) is 4.79. The monoisotopic (exact) mass is 302 g/mol. The number of aromatic nitrogens is 1. The number of thiazole rings is 1. The molecule has 0 saturated heterocycles. The molecular formula is C18H26N2S. The summed E-state index contributed by atoms with van der Waals surface area (Å²) >= 11 is 1.85. The molecule has 1 unspecified atom stereocenters. The Morgan fingerprint density at radius 2 is 1.90 bits per heavy atom. The van der Waals surface area contributed by atoms with Crippen molar-refractivity contribution in [2.24, 2.45) is 5.92 Å². The second-order valence-corrected chi connectivity index (χ2v) is 7.05. The molecule has 2 rings (SSSR count). The number of hydrogen-bond donors (Lipinski definition) is 1. The lowest BCUT2D eigenvalue weighted by molar-refractivity contribution is 0.476. The third-order valence-electron chi connectivity index (χ3n) is 3.99. The van der Waals surface area contributed by atoms with Crippen molar-refractivity contribution in [1.82, 2.24) is 10.3 Å². The van der Waals surface area contributed by atoms with Crippen molar-refractivity contribution in [3.63, 3.8) is 0 Å². The smallest absolute Gasteiger partial charge is 0.0934 e. The number of benzene rings is 1. The molecule has 2 aromatic rings. The van der Waals surface area contributed by atoms with Crippen molar-refractivity contribution in [3.8, 4) is 0 Å². The van der Waals surface area contributed by atoms with Crippen LogP contribution in [0.2, 0.25) is 0 Å². The molecule has 0 aliphatic carbocycles. The molecule has 2 nitrogen and oxygen atoms in total. The first-order valence-corrected chi connectivity index (χ1v) is 8.60. The number of nitrogens with zero attached hydrogens (tertiary/aromatic N) is 1. The van der Waals surface area contributed by atoms with E-state index in [2.05, 4.69) is 57.3 Å². The number of hydrogen-bond acceptors (Lipinski definition) is 3. The Morgan fingerprint density at radius 1 is 1.14 bits per heavy atom. The summed E-state index contributed by atoms with van der Waals surface area (Å²) in [4.78, 5) is 6.06. The summed E-state index contributed by atoms with van der Waals surface area (Å²) in [6.07, 6.45) is 2.19. The van der Waals surface area contributed by atoms with Crippen LogP contribution in [-0.4, -0.2) is 18.1 Å². The molecule has 0 radical (unpaired) electrons. The van der Waals surface area contributed by atoms with Crippen LogP contribution in [0.15, 0.2) is 24.3 Å². The Morgan fingerprint density at radius 3 is 2.52 bits per heavy atom. The highest BCUT2D eigenvalue weighted by Crippen LogP contribution is 2.22. The lowest BCUT2D eigenvalue weighted by atomic mass is 9.93. The van der Waals surface area contributed by atoms with Crippen LogP contribution in [0, 0.1) is 26.7 Å².